The first kappa shape index (κ1) is 20.2. The molecule has 1 heterocycles. The van der Waals surface area contributed by atoms with Gasteiger partial charge in [0.15, 0.2) is 0 Å². The third-order valence-electron chi connectivity index (χ3n) is 6.45. The molecule has 4 heteroatoms. The van der Waals surface area contributed by atoms with Crippen LogP contribution < -0.4 is 10.5 Å². The summed E-state index contributed by atoms with van der Waals surface area (Å²) in [6.45, 7) is 3.82. The lowest BCUT2D eigenvalue weighted by Crippen LogP contribution is -2.35. The summed E-state index contributed by atoms with van der Waals surface area (Å²) < 4.78 is 6.60. The molecule has 1 saturated heterocycles. The van der Waals surface area contributed by atoms with Crippen LogP contribution in [0.1, 0.15) is 56.9 Å². The Hall–Kier alpha value is -0.580. The largest absolute Gasteiger partial charge is 0.497 e. The molecule has 3 nitrogen and oxygen atoms in total. The van der Waals surface area contributed by atoms with Crippen LogP contribution in [0.25, 0.3) is 0 Å². The van der Waals surface area contributed by atoms with Crippen LogP contribution in [-0.2, 0) is 6.42 Å². The fourth-order valence-corrected chi connectivity index (χ4v) is 5.05. The third-order valence-corrected chi connectivity index (χ3v) is 7.22. The van der Waals surface area contributed by atoms with Crippen molar-refractivity contribution in [1.82, 2.24) is 4.90 Å². The van der Waals surface area contributed by atoms with Crippen LogP contribution in [-0.4, -0.2) is 37.7 Å². The Morgan fingerprint density at radius 3 is 2.50 bits per heavy atom. The van der Waals surface area contributed by atoms with Crippen molar-refractivity contribution in [3.8, 4) is 5.75 Å². The first-order chi connectivity index (χ1) is 12.6. The second kappa shape index (κ2) is 10.1. The molecule has 3 rings (SSSR count). The standard InChI is InChI=1S/C22H35BrN2O/c1-26-21-8-9-22(23)19(16-21)15-18-10-13-25(14-11-18)12-2-3-17-4-6-20(24)7-5-17/h8-9,16-18,20H,2-7,10-15,24H2,1H3/t17-,20-. The molecule has 1 saturated carbocycles. The van der Waals surface area contributed by atoms with E-state index in [1.807, 2.05) is 6.07 Å². The molecule has 0 radical (unpaired) electrons. The predicted octanol–water partition coefficient (Wildman–Crippen LogP) is 5.01. The number of ether oxygens (including phenoxy) is 1. The first-order valence-electron chi connectivity index (χ1n) is 10.4. The molecule has 2 N–H and O–H groups in total. The zero-order valence-electron chi connectivity index (χ0n) is 16.3. The van der Waals surface area contributed by atoms with Crippen LogP contribution in [0.4, 0.5) is 0 Å². The van der Waals surface area contributed by atoms with Crippen LogP contribution in [0.2, 0.25) is 0 Å². The lowest BCUT2D eigenvalue weighted by Gasteiger charge is -2.33. The molecule has 0 spiro atoms. The van der Waals surface area contributed by atoms with Gasteiger partial charge in [-0.15, -0.1) is 0 Å². The van der Waals surface area contributed by atoms with Crippen molar-refractivity contribution < 1.29 is 4.74 Å². The molecule has 0 amide bonds. The minimum absolute atomic E-state index is 0.481. The maximum Gasteiger partial charge on any atom is 0.119 e. The smallest absolute Gasteiger partial charge is 0.119 e. The number of benzene rings is 1. The van der Waals surface area contributed by atoms with Gasteiger partial charge in [-0.2, -0.15) is 0 Å². The number of methoxy groups -OCH3 is 1. The number of hydrogen-bond acceptors (Lipinski definition) is 3. The van der Waals surface area contributed by atoms with Crippen molar-refractivity contribution in [2.75, 3.05) is 26.7 Å². The summed E-state index contributed by atoms with van der Waals surface area (Å²) in [5.74, 6) is 2.71. The summed E-state index contributed by atoms with van der Waals surface area (Å²) in [6.07, 6.45) is 11.8. The lowest BCUT2D eigenvalue weighted by molar-refractivity contribution is 0.175. The molecule has 2 aliphatic rings. The molecule has 1 aliphatic heterocycles. The van der Waals surface area contributed by atoms with E-state index in [1.54, 1.807) is 7.11 Å². The quantitative estimate of drug-likeness (QED) is 0.670. The Labute approximate surface area is 167 Å². The number of nitrogens with zero attached hydrogens (tertiary/aromatic N) is 1. The van der Waals surface area contributed by atoms with Gasteiger partial charge in [0.1, 0.15) is 5.75 Å². The molecule has 0 bridgehead atoms. The average molecular weight is 423 g/mol. The maximum atomic E-state index is 6.02. The molecule has 1 aromatic carbocycles. The fraction of sp³-hybridized carbons (Fsp3) is 0.727. The average Bonchev–Trinajstić information content (AvgIpc) is 2.66. The van der Waals surface area contributed by atoms with E-state index in [1.165, 1.54) is 81.0 Å². The van der Waals surface area contributed by atoms with Gasteiger partial charge < -0.3 is 15.4 Å². The zero-order valence-corrected chi connectivity index (χ0v) is 17.8. The minimum atomic E-state index is 0.481. The maximum absolute atomic E-state index is 6.02. The highest BCUT2D eigenvalue weighted by Gasteiger charge is 2.22. The summed E-state index contributed by atoms with van der Waals surface area (Å²) >= 11 is 3.70. The van der Waals surface area contributed by atoms with Crippen LogP contribution >= 0.6 is 15.9 Å². The van der Waals surface area contributed by atoms with E-state index in [0.29, 0.717) is 6.04 Å². The van der Waals surface area contributed by atoms with Gasteiger partial charge in [0, 0.05) is 10.5 Å². The highest BCUT2D eigenvalue weighted by Crippen LogP contribution is 2.30. The summed E-state index contributed by atoms with van der Waals surface area (Å²) in [5.41, 5.74) is 7.41. The topological polar surface area (TPSA) is 38.5 Å². The fourth-order valence-electron chi connectivity index (χ4n) is 4.64. The summed E-state index contributed by atoms with van der Waals surface area (Å²) in [4.78, 5) is 2.69. The number of piperidine rings is 1. The monoisotopic (exact) mass is 422 g/mol. The van der Waals surface area contributed by atoms with Crippen molar-refractivity contribution >= 4 is 15.9 Å². The molecule has 26 heavy (non-hydrogen) atoms. The normalized spacial score (nSPS) is 25.3. The van der Waals surface area contributed by atoms with Crippen LogP contribution in [0.15, 0.2) is 22.7 Å². The van der Waals surface area contributed by atoms with Crippen molar-refractivity contribution in [3.63, 3.8) is 0 Å². The van der Waals surface area contributed by atoms with Gasteiger partial charge in [0.05, 0.1) is 7.11 Å². The van der Waals surface area contributed by atoms with Crippen molar-refractivity contribution in [2.24, 2.45) is 17.6 Å². The van der Waals surface area contributed by atoms with Gasteiger partial charge in [-0.3, -0.25) is 0 Å². The minimum Gasteiger partial charge on any atom is -0.497 e. The van der Waals surface area contributed by atoms with Gasteiger partial charge in [-0.25, -0.2) is 0 Å². The van der Waals surface area contributed by atoms with Crippen LogP contribution in [0.5, 0.6) is 5.75 Å². The zero-order chi connectivity index (χ0) is 18.4. The molecule has 1 aliphatic carbocycles. The number of rotatable bonds is 7. The molecular weight excluding hydrogens is 388 g/mol. The summed E-state index contributed by atoms with van der Waals surface area (Å²) in [5, 5.41) is 0. The van der Waals surface area contributed by atoms with E-state index in [4.69, 9.17) is 10.5 Å². The lowest BCUT2D eigenvalue weighted by atomic mass is 9.83. The van der Waals surface area contributed by atoms with E-state index < -0.39 is 0 Å². The third kappa shape index (κ3) is 5.97. The number of nitrogens with two attached hydrogens (primary N) is 1. The highest BCUT2D eigenvalue weighted by molar-refractivity contribution is 9.10. The number of halogens is 1. The van der Waals surface area contributed by atoms with E-state index in [0.717, 1.165) is 24.0 Å². The molecule has 0 aromatic heterocycles. The van der Waals surface area contributed by atoms with Gasteiger partial charge in [0.2, 0.25) is 0 Å². The van der Waals surface area contributed by atoms with E-state index in [-0.39, 0.29) is 0 Å². The van der Waals surface area contributed by atoms with Crippen molar-refractivity contribution in [1.29, 1.82) is 0 Å². The van der Waals surface area contributed by atoms with E-state index >= 15 is 0 Å². The first-order valence-corrected chi connectivity index (χ1v) is 11.2. The van der Waals surface area contributed by atoms with Gasteiger partial charge in [-0.05, 0) is 113 Å². The van der Waals surface area contributed by atoms with Crippen molar-refractivity contribution in [2.45, 2.75) is 63.8 Å². The van der Waals surface area contributed by atoms with Crippen LogP contribution in [0, 0.1) is 11.8 Å². The van der Waals surface area contributed by atoms with Crippen molar-refractivity contribution in [3.05, 3.63) is 28.2 Å². The number of hydrogen-bond donors (Lipinski definition) is 1. The number of likely N-dealkylation sites (tertiary alicyclic amines) is 1. The highest BCUT2D eigenvalue weighted by atomic mass is 79.9. The summed E-state index contributed by atoms with van der Waals surface area (Å²) in [7, 11) is 1.74. The Morgan fingerprint density at radius 1 is 1.08 bits per heavy atom. The molecule has 1 aromatic rings. The SMILES string of the molecule is COc1ccc(Br)c(CC2CCN(CCC[C@H]3CC[C@H](N)CC3)CC2)c1. The molecule has 146 valence electrons. The van der Waals surface area contributed by atoms with E-state index in [2.05, 4.69) is 33.0 Å². The van der Waals surface area contributed by atoms with Gasteiger partial charge in [0.25, 0.3) is 0 Å². The molecule has 2 fully saturated rings. The summed E-state index contributed by atoms with van der Waals surface area (Å²) in [6, 6.07) is 6.80. The Balaban J connectivity index is 1.35. The van der Waals surface area contributed by atoms with Crippen LogP contribution in [0.3, 0.4) is 0 Å². The van der Waals surface area contributed by atoms with E-state index in [9.17, 15) is 0 Å². The second-order valence-electron chi connectivity index (χ2n) is 8.37. The molecule has 0 unspecified atom stereocenters. The molecular formula is C22H35BrN2O. The Bertz CT molecular complexity index is 549. The second-order valence-corrected chi connectivity index (χ2v) is 9.22. The predicted molar refractivity (Wildman–Crippen MR) is 113 cm³/mol. The Kier molecular flexibility index (Phi) is 7.83. The van der Waals surface area contributed by atoms with Gasteiger partial charge in [-0.1, -0.05) is 15.9 Å². The molecule has 0 atom stereocenters. The van der Waals surface area contributed by atoms with Gasteiger partial charge >= 0.3 is 0 Å². The Morgan fingerprint density at radius 2 is 1.81 bits per heavy atom.